The zero-order valence-corrected chi connectivity index (χ0v) is 7.68. The summed E-state index contributed by atoms with van der Waals surface area (Å²) in [6.45, 7) is 0. The van der Waals surface area contributed by atoms with E-state index in [1.165, 1.54) is 12.3 Å². The Morgan fingerprint density at radius 1 is 1.25 bits per heavy atom. The number of aromatic nitrogens is 1. The molecule has 2 rings (SSSR count). The predicted molar refractivity (Wildman–Crippen MR) is 45.2 cm³/mol. The molecular weight excluding hydrogens is 227 g/mol. The highest BCUT2D eigenvalue weighted by molar-refractivity contribution is 6.07. The van der Waals surface area contributed by atoms with E-state index in [0.717, 1.165) is 6.07 Å². The molecule has 1 fully saturated rings. The number of alkyl halides is 3. The second-order valence-electron chi connectivity index (χ2n) is 3.24. The van der Waals surface area contributed by atoms with E-state index in [2.05, 4.69) is 4.98 Å². The lowest BCUT2D eigenvalue weighted by molar-refractivity contribution is -0.196. The molecule has 3 amide bonds. The normalized spacial score (nSPS) is 25.4. The predicted octanol–water partition coefficient (Wildman–Crippen LogP) is 0.612. The largest absolute Gasteiger partial charge is 0.426 e. The molecule has 1 aliphatic heterocycles. The van der Waals surface area contributed by atoms with E-state index in [-0.39, 0.29) is 0 Å². The molecule has 16 heavy (non-hydrogen) atoms. The summed E-state index contributed by atoms with van der Waals surface area (Å²) in [5.74, 6) is -1.44. The van der Waals surface area contributed by atoms with Crippen molar-refractivity contribution in [1.29, 1.82) is 0 Å². The van der Waals surface area contributed by atoms with E-state index in [1.807, 2.05) is 0 Å². The van der Waals surface area contributed by atoms with Gasteiger partial charge in [-0.2, -0.15) is 13.2 Å². The molecule has 86 valence electrons. The van der Waals surface area contributed by atoms with Crippen LogP contribution in [0, 0.1) is 0 Å². The maximum Gasteiger partial charge on any atom is 0.426 e. The van der Waals surface area contributed by atoms with Crippen molar-refractivity contribution in [2.24, 2.45) is 0 Å². The summed E-state index contributed by atoms with van der Waals surface area (Å²) in [5.41, 5.74) is -3.45. The molecule has 1 saturated heterocycles. The van der Waals surface area contributed by atoms with Gasteiger partial charge in [-0.15, -0.1) is 0 Å². The van der Waals surface area contributed by atoms with E-state index >= 15 is 0 Å². The van der Waals surface area contributed by atoms with Crippen LogP contribution in [0.1, 0.15) is 5.69 Å². The van der Waals surface area contributed by atoms with Crippen LogP contribution >= 0.6 is 0 Å². The minimum Gasteiger partial charge on any atom is -0.362 e. The SMILES string of the molecule is O=C1NC(=O)C(c2ccc[nH]2)(C(F)(F)F)N1. The molecule has 1 aromatic heterocycles. The Morgan fingerprint density at radius 2 is 1.94 bits per heavy atom. The van der Waals surface area contributed by atoms with Gasteiger partial charge < -0.3 is 10.3 Å². The van der Waals surface area contributed by atoms with Crippen molar-refractivity contribution >= 4 is 11.9 Å². The number of carbonyl (C=O) groups excluding carboxylic acids is 2. The van der Waals surface area contributed by atoms with Crippen molar-refractivity contribution < 1.29 is 22.8 Å². The molecule has 0 bridgehead atoms. The Hall–Kier alpha value is -1.99. The number of urea groups is 1. The summed E-state index contributed by atoms with van der Waals surface area (Å²) in [5, 5.41) is 3.18. The van der Waals surface area contributed by atoms with Crippen LogP contribution in [-0.4, -0.2) is 23.1 Å². The van der Waals surface area contributed by atoms with Gasteiger partial charge in [0.05, 0.1) is 5.69 Å². The van der Waals surface area contributed by atoms with E-state index in [4.69, 9.17) is 0 Å². The molecule has 0 radical (unpaired) electrons. The molecule has 1 aromatic rings. The number of aromatic amines is 1. The summed E-state index contributed by atoms with van der Waals surface area (Å²) in [6, 6.07) is 1.22. The second kappa shape index (κ2) is 3.00. The molecule has 1 unspecified atom stereocenters. The molecule has 0 aliphatic carbocycles. The van der Waals surface area contributed by atoms with E-state index < -0.39 is 29.3 Å². The molecule has 8 heteroatoms. The van der Waals surface area contributed by atoms with Crippen LogP contribution in [-0.2, 0) is 10.3 Å². The summed E-state index contributed by atoms with van der Waals surface area (Å²) < 4.78 is 38.7. The molecule has 1 atom stereocenters. The maximum atomic E-state index is 12.9. The number of halogens is 3. The van der Waals surface area contributed by atoms with Crippen LogP contribution in [0.15, 0.2) is 18.3 Å². The number of hydrogen-bond acceptors (Lipinski definition) is 2. The third-order valence-corrected chi connectivity index (χ3v) is 2.30. The minimum atomic E-state index is -4.92. The molecule has 2 heterocycles. The molecule has 1 aliphatic rings. The zero-order valence-electron chi connectivity index (χ0n) is 7.68. The molecular formula is C8H6F3N3O2. The number of H-pyrrole nitrogens is 1. The van der Waals surface area contributed by atoms with Crippen LogP contribution in [0.4, 0.5) is 18.0 Å². The Morgan fingerprint density at radius 3 is 2.31 bits per heavy atom. The van der Waals surface area contributed by atoms with Gasteiger partial charge in [0.25, 0.3) is 11.4 Å². The van der Waals surface area contributed by atoms with Gasteiger partial charge in [-0.3, -0.25) is 10.1 Å². The summed E-state index contributed by atoms with van der Waals surface area (Å²) in [7, 11) is 0. The Kier molecular flexibility index (Phi) is 1.97. The molecule has 0 spiro atoms. The van der Waals surface area contributed by atoms with Crippen molar-refractivity contribution in [2.75, 3.05) is 0 Å². The molecule has 5 nitrogen and oxygen atoms in total. The van der Waals surface area contributed by atoms with E-state index in [9.17, 15) is 22.8 Å². The van der Waals surface area contributed by atoms with Crippen LogP contribution in [0.5, 0.6) is 0 Å². The molecule has 0 saturated carbocycles. The fraction of sp³-hybridized carbons (Fsp3) is 0.250. The van der Waals surface area contributed by atoms with Crippen LogP contribution < -0.4 is 10.6 Å². The van der Waals surface area contributed by atoms with Crippen molar-refractivity contribution in [3.8, 4) is 0 Å². The van der Waals surface area contributed by atoms with Gasteiger partial charge in [-0.1, -0.05) is 0 Å². The summed E-state index contributed by atoms with van der Waals surface area (Å²) >= 11 is 0. The van der Waals surface area contributed by atoms with Crippen molar-refractivity contribution in [3.63, 3.8) is 0 Å². The standard InChI is InChI=1S/C8H6F3N3O2/c9-8(10,11)7(4-2-1-3-12-4)5(15)13-6(16)14-7/h1-3,12H,(H2,13,14,15,16). The lowest BCUT2D eigenvalue weighted by atomic mass is 9.95. The first-order valence-electron chi connectivity index (χ1n) is 4.22. The van der Waals surface area contributed by atoms with Crippen LogP contribution in [0.3, 0.4) is 0 Å². The van der Waals surface area contributed by atoms with Gasteiger partial charge >= 0.3 is 12.2 Å². The average molecular weight is 233 g/mol. The third-order valence-electron chi connectivity index (χ3n) is 2.30. The van der Waals surface area contributed by atoms with Crippen LogP contribution in [0.25, 0.3) is 0 Å². The quantitative estimate of drug-likeness (QED) is 0.622. The number of hydrogen-bond donors (Lipinski definition) is 3. The zero-order chi connectivity index (χ0) is 12.0. The number of imide groups is 1. The van der Waals surface area contributed by atoms with Gasteiger partial charge in [-0.25, -0.2) is 4.79 Å². The summed E-state index contributed by atoms with van der Waals surface area (Å²) in [6.07, 6.45) is -3.69. The fourth-order valence-electron chi connectivity index (χ4n) is 1.56. The van der Waals surface area contributed by atoms with Gasteiger partial charge in [0.1, 0.15) is 0 Å². The lowest BCUT2D eigenvalue weighted by Gasteiger charge is -2.27. The topological polar surface area (TPSA) is 74.0 Å². The first kappa shape index (κ1) is 10.5. The van der Waals surface area contributed by atoms with Crippen LogP contribution in [0.2, 0.25) is 0 Å². The van der Waals surface area contributed by atoms with Gasteiger partial charge in [0, 0.05) is 6.20 Å². The number of rotatable bonds is 1. The van der Waals surface area contributed by atoms with Crippen molar-refractivity contribution in [1.82, 2.24) is 15.6 Å². The monoisotopic (exact) mass is 233 g/mol. The number of amides is 3. The second-order valence-corrected chi connectivity index (χ2v) is 3.24. The smallest absolute Gasteiger partial charge is 0.362 e. The van der Waals surface area contributed by atoms with Gasteiger partial charge in [0.2, 0.25) is 0 Å². The minimum absolute atomic E-state index is 0.427. The highest BCUT2D eigenvalue weighted by atomic mass is 19.4. The first-order chi connectivity index (χ1) is 7.38. The maximum absolute atomic E-state index is 12.9. The first-order valence-corrected chi connectivity index (χ1v) is 4.22. The average Bonchev–Trinajstić information content (AvgIpc) is 2.71. The van der Waals surface area contributed by atoms with Gasteiger partial charge in [0.15, 0.2) is 0 Å². The fourth-order valence-corrected chi connectivity index (χ4v) is 1.56. The Labute approximate surface area is 87.0 Å². The van der Waals surface area contributed by atoms with Crippen molar-refractivity contribution in [2.45, 2.75) is 11.7 Å². The Balaban J connectivity index is 2.59. The van der Waals surface area contributed by atoms with Gasteiger partial charge in [-0.05, 0) is 12.1 Å². The third kappa shape index (κ3) is 1.19. The highest BCUT2D eigenvalue weighted by Gasteiger charge is 2.66. The number of carbonyl (C=O) groups is 2. The van der Waals surface area contributed by atoms with Crippen molar-refractivity contribution in [3.05, 3.63) is 24.0 Å². The van der Waals surface area contributed by atoms with E-state index in [0.29, 0.717) is 0 Å². The molecule has 0 aromatic carbocycles. The van der Waals surface area contributed by atoms with E-state index in [1.54, 1.807) is 10.6 Å². The highest BCUT2D eigenvalue weighted by Crippen LogP contribution is 2.40. The number of nitrogens with one attached hydrogen (secondary N) is 3. The summed E-state index contributed by atoms with van der Waals surface area (Å²) in [4.78, 5) is 24.5. The lowest BCUT2D eigenvalue weighted by Crippen LogP contribution is -2.55. The molecule has 3 N–H and O–H groups in total. The Bertz CT molecular complexity index is 440.